The van der Waals surface area contributed by atoms with Gasteiger partial charge >= 0.3 is 5.69 Å². The summed E-state index contributed by atoms with van der Waals surface area (Å²) in [6.45, 7) is 1.21. The number of nitrogens with zero attached hydrogens (tertiary/aromatic N) is 4. The SMILES string of the molecule is CC(=O)N(c1cc[n+](C)cc1)n1c(=O)n(S(=O)(=O)c2ccc(Cl)cc2)c(=O)c2ccc(Cl)cc21. The van der Waals surface area contributed by atoms with E-state index in [9.17, 15) is 22.8 Å². The van der Waals surface area contributed by atoms with Crippen LogP contribution in [0.25, 0.3) is 10.9 Å². The average molecular weight is 520 g/mol. The molecule has 12 heteroatoms. The third-order valence-corrected chi connectivity index (χ3v) is 7.17. The van der Waals surface area contributed by atoms with Crippen molar-refractivity contribution in [3.63, 3.8) is 0 Å². The van der Waals surface area contributed by atoms with Crippen molar-refractivity contribution in [2.45, 2.75) is 11.8 Å². The number of benzene rings is 2. The second kappa shape index (κ2) is 8.71. The molecule has 0 bridgehead atoms. The van der Waals surface area contributed by atoms with E-state index in [-0.39, 0.29) is 35.5 Å². The summed E-state index contributed by atoms with van der Waals surface area (Å²) in [5.74, 6) is -0.605. The molecule has 0 saturated heterocycles. The first-order chi connectivity index (χ1) is 16.0. The fourth-order valence-electron chi connectivity index (χ4n) is 3.44. The maximum Gasteiger partial charge on any atom is 0.365 e. The molecule has 0 atom stereocenters. The van der Waals surface area contributed by atoms with E-state index in [4.69, 9.17) is 23.2 Å². The minimum atomic E-state index is -4.65. The predicted molar refractivity (Wildman–Crippen MR) is 128 cm³/mol. The Kier molecular flexibility index (Phi) is 6.07. The fourth-order valence-corrected chi connectivity index (χ4v) is 5.02. The molecule has 2 aromatic carbocycles. The molecule has 0 unspecified atom stereocenters. The van der Waals surface area contributed by atoms with E-state index in [1.54, 1.807) is 36.1 Å². The molecular formula is C22H17Cl2N4O5S+. The van der Waals surface area contributed by atoms with Crippen LogP contribution in [0.2, 0.25) is 10.0 Å². The maximum absolute atomic E-state index is 13.7. The van der Waals surface area contributed by atoms with Crippen molar-refractivity contribution in [1.82, 2.24) is 8.65 Å². The number of amides is 1. The number of carbonyl (C=O) groups excluding carboxylic acids is 1. The molecule has 0 aliphatic rings. The van der Waals surface area contributed by atoms with E-state index in [1.165, 1.54) is 49.4 Å². The summed E-state index contributed by atoms with van der Waals surface area (Å²) >= 11 is 12.0. The Labute approximate surface area is 203 Å². The number of hydrogen-bond donors (Lipinski definition) is 0. The van der Waals surface area contributed by atoms with Crippen LogP contribution in [0.1, 0.15) is 6.92 Å². The quantitative estimate of drug-likeness (QED) is 0.385. The van der Waals surface area contributed by atoms with Gasteiger partial charge in [0, 0.05) is 29.1 Å². The van der Waals surface area contributed by atoms with Gasteiger partial charge in [-0.25, -0.2) is 22.8 Å². The van der Waals surface area contributed by atoms with Gasteiger partial charge in [-0.05, 0) is 42.5 Å². The number of aryl methyl sites for hydroxylation is 1. The first-order valence-electron chi connectivity index (χ1n) is 9.77. The molecule has 4 rings (SSSR count). The number of pyridine rings is 1. The van der Waals surface area contributed by atoms with E-state index in [1.807, 2.05) is 0 Å². The van der Waals surface area contributed by atoms with Crippen LogP contribution < -0.4 is 20.8 Å². The molecule has 0 N–H and O–H groups in total. The molecule has 2 heterocycles. The maximum atomic E-state index is 13.7. The van der Waals surface area contributed by atoms with E-state index in [0.717, 1.165) is 9.69 Å². The van der Waals surface area contributed by atoms with Gasteiger partial charge in [0.05, 0.1) is 21.5 Å². The van der Waals surface area contributed by atoms with Crippen LogP contribution in [-0.4, -0.2) is 23.0 Å². The standard InChI is InChI=1S/C22H17Cl2N4O5S/c1-14(29)26(17-9-11-25(2)12-10-17)27-20-13-16(24)5-8-19(20)21(30)28(22(27)31)34(32,33)18-6-3-15(23)4-7-18/h3-13H,1-2H3/q+1. The van der Waals surface area contributed by atoms with Crippen molar-refractivity contribution in [2.75, 3.05) is 5.01 Å². The van der Waals surface area contributed by atoms with Gasteiger partial charge in [-0.2, -0.15) is 4.68 Å². The summed E-state index contributed by atoms with van der Waals surface area (Å²) in [5, 5.41) is 1.31. The number of anilines is 1. The van der Waals surface area contributed by atoms with Gasteiger partial charge in [0.15, 0.2) is 12.4 Å². The van der Waals surface area contributed by atoms with E-state index in [2.05, 4.69) is 0 Å². The Balaban J connectivity index is 2.16. The summed E-state index contributed by atoms with van der Waals surface area (Å²) < 4.78 is 29.5. The van der Waals surface area contributed by atoms with Gasteiger partial charge in [0.2, 0.25) is 5.91 Å². The Morgan fingerprint density at radius 3 is 2.12 bits per heavy atom. The Hall–Kier alpha value is -3.47. The highest BCUT2D eigenvalue weighted by atomic mass is 35.5. The number of aromatic nitrogens is 3. The monoisotopic (exact) mass is 519 g/mol. The molecule has 0 saturated carbocycles. The molecule has 0 fully saturated rings. The number of hydrogen-bond acceptors (Lipinski definition) is 5. The Morgan fingerprint density at radius 2 is 1.53 bits per heavy atom. The minimum absolute atomic E-state index is 0.0338. The lowest BCUT2D eigenvalue weighted by Gasteiger charge is -2.25. The molecule has 1 amide bonds. The smallest absolute Gasteiger partial charge is 0.273 e. The van der Waals surface area contributed by atoms with Gasteiger partial charge in [0.1, 0.15) is 7.05 Å². The molecule has 34 heavy (non-hydrogen) atoms. The van der Waals surface area contributed by atoms with Crippen LogP contribution >= 0.6 is 23.2 Å². The number of fused-ring (bicyclic) bond motifs is 1. The summed E-state index contributed by atoms with van der Waals surface area (Å²) in [4.78, 5) is 39.4. The van der Waals surface area contributed by atoms with Gasteiger partial charge in [-0.15, -0.1) is 3.97 Å². The molecule has 9 nitrogen and oxygen atoms in total. The van der Waals surface area contributed by atoms with Crippen LogP contribution in [0.15, 0.2) is 81.5 Å². The zero-order chi connectivity index (χ0) is 24.8. The van der Waals surface area contributed by atoms with Crippen molar-refractivity contribution >= 4 is 55.7 Å². The summed E-state index contributed by atoms with van der Waals surface area (Å²) in [7, 11) is -2.89. The molecule has 0 spiro atoms. The molecule has 2 aromatic heterocycles. The zero-order valence-electron chi connectivity index (χ0n) is 17.8. The van der Waals surface area contributed by atoms with Gasteiger partial charge in [-0.3, -0.25) is 9.59 Å². The third kappa shape index (κ3) is 4.00. The number of rotatable bonds is 4. The van der Waals surface area contributed by atoms with E-state index >= 15 is 0 Å². The van der Waals surface area contributed by atoms with Gasteiger partial charge in [0.25, 0.3) is 15.6 Å². The number of halogens is 2. The summed E-state index contributed by atoms with van der Waals surface area (Å²) in [6, 6.07) is 12.1. The summed E-state index contributed by atoms with van der Waals surface area (Å²) in [6.07, 6.45) is 3.29. The highest BCUT2D eigenvalue weighted by molar-refractivity contribution is 7.90. The first-order valence-corrected chi connectivity index (χ1v) is 12.0. The van der Waals surface area contributed by atoms with Crippen LogP contribution in [0, 0.1) is 0 Å². The molecular weight excluding hydrogens is 503 g/mol. The van der Waals surface area contributed by atoms with E-state index in [0.29, 0.717) is 0 Å². The lowest BCUT2D eigenvalue weighted by Crippen LogP contribution is -2.51. The van der Waals surface area contributed by atoms with Crippen LogP contribution in [0.5, 0.6) is 0 Å². The van der Waals surface area contributed by atoms with Gasteiger partial charge < -0.3 is 0 Å². The third-order valence-electron chi connectivity index (χ3n) is 5.01. The molecule has 174 valence electrons. The van der Waals surface area contributed by atoms with Gasteiger partial charge in [-0.1, -0.05) is 23.2 Å². The van der Waals surface area contributed by atoms with Crippen molar-refractivity contribution in [3.8, 4) is 0 Å². The lowest BCUT2D eigenvalue weighted by molar-refractivity contribution is -0.671. The largest absolute Gasteiger partial charge is 0.365 e. The topological polar surface area (TPSA) is 102 Å². The normalized spacial score (nSPS) is 11.5. The fraction of sp³-hybridized carbons (Fsp3) is 0.0909. The van der Waals surface area contributed by atoms with Crippen molar-refractivity contribution < 1.29 is 17.8 Å². The molecule has 0 aliphatic heterocycles. The highest BCUT2D eigenvalue weighted by Crippen LogP contribution is 2.21. The molecule has 0 radical (unpaired) electrons. The Morgan fingerprint density at radius 1 is 0.941 bits per heavy atom. The highest BCUT2D eigenvalue weighted by Gasteiger charge is 2.29. The van der Waals surface area contributed by atoms with Crippen molar-refractivity contribution in [3.05, 3.63) is 97.9 Å². The lowest BCUT2D eigenvalue weighted by atomic mass is 10.2. The minimum Gasteiger partial charge on any atom is -0.273 e. The van der Waals surface area contributed by atoms with Crippen LogP contribution in [0.4, 0.5) is 5.69 Å². The molecule has 0 aliphatic carbocycles. The molecule has 4 aromatic rings. The zero-order valence-corrected chi connectivity index (χ0v) is 20.2. The summed E-state index contributed by atoms with van der Waals surface area (Å²) in [5.41, 5.74) is -2.11. The van der Waals surface area contributed by atoms with E-state index < -0.39 is 27.2 Å². The average Bonchev–Trinajstić information content (AvgIpc) is 2.77. The predicted octanol–water partition coefficient (Wildman–Crippen LogP) is 2.35. The Bertz CT molecular complexity index is 1660. The van der Waals surface area contributed by atoms with Crippen LogP contribution in [0.3, 0.4) is 0 Å². The first kappa shape index (κ1) is 23.7. The number of carbonyl (C=O) groups is 1. The second-order valence-electron chi connectivity index (χ2n) is 7.34. The van der Waals surface area contributed by atoms with Crippen molar-refractivity contribution in [2.24, 2.45) is 7.05 Å². The van der Waals surface area contributed by atoms with Crippen molar-refractivity contribution in [1.29, 1.82) is 0 Å². The second-order valence-corrected chi connectivity index (χ2v) is 10.00. The van der Waals surface area contributed by atoms with Crippen LogP contribution in [-0.2, 0) is 21.9 Å².